The molecule has 1 aromatic heterocycles. The Labute approximate surface area is 147 Å². The number of ether oxygens (including phenoxy) is 1. The lowest BCUT2D eigenvalue weighted by molar-refractivity contribution is -0.132. The first-order valence-electron chi connectivity index (χ1n) is 9.04. The van der Waals surface area contributed by atoms with Crippen LogP contribution >= 0.6 is 0 Å². The highest BCUT2D eigenvalue weighted by Crippen LogP contribution is 2.38. The Bertz CT molecular complexity index is 657. The minimum absolute atomic E-state index is 0.00639. The van der Waals surface area contributed by atoms with Gasteiger partial charge >= 0.3 is 0 Å². The molecule has 7 heteroatoms. The smallest absolute Gasteiger partial charge is 0.255 e. The number of anilines is 1. The third kappa shape index (κ3) is 3.08. The van der Waals surface area contributed by atoms with Crippen LogP contribution in [0, 0.1) is 5.41 Å². The molecule has 7 nitrogen and oxygen atoms in total. The van der Waals surface area contributed by atoms with Crippen molar-refractivity contribution < 1.29 is 14.3 Å². The fraction of sp³-hybridized carbons (Fsp3) is 0.611. The Morgan fingerprint density at radius 3 is 2.76 bits per heavy atom. The zero-order valence-electron chi connectivity index (χ0n) is 14.4. The van der Waals surface area contributed by atoms with Gasteiger partial charge in [-0.25, -0.2) is 4.98 Å². The van der Waals surface area contributed by atoms with E-state index < -0.39 is 0 Å². The van der Waals surface area contributed by atoms with Crippen LogP contribution in [0.2, 0.25) is 0 Å². The molecule has 1 aromatic rings. The topological polar surface area (TPSA) is 74.8 Å². The fourth-order valence-corrected chi connectivity index (χ4v) is 4.04. The van der Waals surface area contributed by atoms with Crippen LogP contribution in [-0.4, -0.2) is 67.6 Å². The van der Waals surface area contributed by atoms with E-state index in [4.69, 9.17) is 4.74 Å². The average Bonchev–Trinajstić information content (AvgIpc) is 3.10. The van der Waals surface area contributed by atoms with E-state index in [1.54, 1.807) is 11.1 Å². The molecule has 25 heavy (non-hydrogen) atoms. The van der Waals surface area contributed by atoms with Crippen molar-refractivity contribution in [2.45, 2.75) is 19.3 Å². The maximum atomic E-state index is 12.5. The number of hydrogen-bond acceptors (Lipinski definition) is 5. The number of amides is 2. The molecular formula is C18H24N4O3. The van der Waals surface area contributed by atoms with Gasteiger partial charge < -0.3 is 19.9 Å². The molecule has 3 saturated heterocycles. The molecule has 2 amide bonds. The first-order chi connectivity index (χ1) is 12.2. The van der Waals surface area contributed by atoms with Gasteiger partial charge in [0, 0.05) is 38.9 Å². The summed E-state index contributed by atoms with van der Waals surface area (Å²) in [7, 11) is 0. The van der Waals surface area contributed by atoms with Gasteiger partial charge in [0.15, 0.2) is 0 Å². The van der Waals surface area contributed by atoms with Crippen LogP contribution in [0.5, 0.6) is 0 Å². The van der Waals surface area contributed by atoms with Gasteiger partial charge in [0.2, 0.25) is 5.91 Å². The van der Waals surface area contributed by atoms with Crippen molar-refractivity contribution in [3.05, 3.63) is 23.9 Å². The lowest BCUT2D eigenvalue weighted by atomic mass is 9.79. The standard InChI is InChI=1S/C18H24N4O3/c23-16(21-8-10-25-11-9-21)14-2-3-15(20-12-14)22-7-5-18(13-22)4-1-6-19-17(18)24/h2-3,12H,1,4-11,13H2,(H,19,24)/t18-/m0/s1. The lowest BCUT2D eigenvalue weighted by Crippen LogP contribution is -2.47. The number of rotatable bonds is 2. The monoisotopic (exact) mass is 344 g/mol. The van der Waals surface area contributed by atoms with Crippen LogP contribution < -0.4 is 10.2 Å². The molecule has 4 rings (SSSR count). The second kappa shape index (κ2) is 6.63. The lowest BCUT2D eigenvalue weighted by Gasteiger charge is -2.32. The van der Waals surface area contributed by atoms with Crippen molar-refractivity contribution >= 4 is 17.6 Å². The van der Waals surface area contributed by atoms with Crippen LogP contribution in [-0.2, 0) is 9.53 Å². The number of nitrogens with zero attached hydrogens (tertiary/aromatic N) is 3. The zero-order valence-corrected chi connectivity index (χ0v) is 14.4. The van der Waals surface area contributed by atoms with E-state index in [0.717, 1.165) is 38.2 Å². The maximum absolute atomic E-state index is 12.5. The maximum Gasteiger partial charge on any atom is 0.255 e. The van der Waals surface area contributed by atoms with Gasteiger partial charge in [-0.1, -0.05) is 0 Å². The van der Waals surface area contributed by atoms with Crippen molar-refractivity contribution in [1.82, 2.24) is 15.2 Å². The second-order valence-corrected chi connectivity index (χ2v) is 7.12. The predicted octanol–water partition coefficient (Wildman–Crippen LogP) is 0.660. The van der Waals surface area contributed by atoms with E-state index in [1.807, 2.05) is 12.1 Å². The van der Waals surface area contributed by atoms with Gasteiger partial charge in [-0.3, -0.25) is 9.59 Å². The fourth-order valence-electron chi connectivity index (χ4n) is 4.04. The summed E-state index contributed by atoms with van der Waals surface area (Å²) in [5.41, 5.74) is 0.345. The third-order valence-corrected chi connectivity index (χ3v) is 5.57. The van der Waals surface area contributed by atoms with E-state index >= 15 is 0 Å². The van der Waals surface area contributed by atoms with E-state index in [1.165, 1.54) is 0 Å². The Morgan fingerprint density at radius 1 is 1.20 bits per heavy atom. The molecule has 3 aliphatic heterocycles. The van der Waals surface area contributed by atoms with Gasteiger partial charge in [0.05, 0.1) is 24.2 Å². The van der Waals surface area contributed by atoms with Crippen molar-refractivity contribution in [1.29, 1.82) is 0 Å². The number of nitrogens with one attached hydrogen (secondary N) is 1. The Kier molecular flexibility index (Phi) is 4.33. The van der Waals surface area contributed by atoms with Crippen molar-refractivity contribution in [2.75, 3.05) is 50.8 Å². The van der Waals surface area contributed by atoms with E-state index in [-0.39, 0.29) is 17.2 Å². The molecule has 0 aromatic carbocycles. The molecule has 0 aliphatic carbocycles. The van der Waals surface area contributed by atoms with Crippen LogP contribution in [0.1, 0.15) is 29.6 Å². The van der Waals surface area contributed by atoms with Gasteiger partial charge in [-0.05, 0) is 31.4 Å². The molecule has 1 spiro atoms. The van der Waals surface area contributed by atoms with E-state index in [0.29, 0.717) is 38.4 Å². The van der Waals surface area contributed by atoms with Crippen LogP contribution in [0.3, 0.4) is 0 Å². The first kappa shape index (κ1) is 16.3. The summed E-state index contributed by atoms with van der Waals surface area (Å²) < 4.78 is 5.29. The molecule has 0 unspecified atom stereocenters. The van der Waals surface area contributed by atoms with Crippen LogP contribution in [0.4, 0.5) is 5.82 Å². The normalized spacial score (nSPS) is 26.8. The quantitative estimate of drug-likeness (QED) is 0.853. The summed E-state index contributed by atoms with van der Waals surface area (Å²) in [5.74, 6) is 1.03. The Morgan fingerprint density at radius 2 is 2.04 bits per heavy atom. The largest absolute Gasteiger partial charge is 0.378 e. The average molecular weight is 344 g/mol. The van der Waals surface area contributed by atoms with Crippen molar-refractivity contribution in [2.24, 2.45) is 5.41 Å². The van der Waals surface area contributed by atoms with Crippen LogP contribution in [0.15, 0.2) is 18.3 Å². The van der Waals surface area contributed by atoms with E-state index in [9.17, 15) is 9.59 Å². The molecule has 4 heterocycles. The number of aromatic nitrogens is 1. The van der Waals surface area contributed by atoms with Gasteiger partial charge in [0.25, 0.3) is 5.91 Å². The van der Waals surface area contributed by atoms with Crippen LogP contribution in [0.25, 0.3) is 0 Å². The molecular weight excluding hydrogens is 320 g/mol. The van der Waals surface area contributed by atoms with Gasteiger partial charge in [0.1, 0.15) is 5.82 Å². The van der Waals surface area contributed by atoms with Gasteiger partial charge in [-0.2, -0.15) is 0 Å². The molecule has 1 N–H and O–H groups in total. The SMILES string of the molecule is O=C(c1ccc(N2CC[C@@]3(CCCNC3=O)C2)nc1)N1CCOCC1. The minimum Gasteiger partial charge on any atom is -0.378 e. The summed E-state index contributed by atoms with van der Waals surface area (Å²) in [5, 5.41) is 3.00. The predicted molar refractivity (Wildman–Crippen MR) is 92.5 cm³/mol. The Hall–Kier alpha value is -2.15. The third-order valence-electron chi connectivity index (χ3n) is 5.57. The second-order valence-electron chi connectivity index (χ2n) is 7.12. The molecule has 0 radical (unpaired) electrons. The highest BCUT2D eigenvalue weighted by molar-refractivity contribution is 5.94. The molecule has 3 aliphatic rings. The summed E-state index contributed by atoms with van der Waals surface area (Å²) in [6, 6.07) is 3.74. The van der Waals surface area contributed by atoms with Crippen molar-refractivity contribution in [3.63, 3.8) is 0 Å². The molecule has 3 fully saturated rings. The zero-order chi connectivity index (χ0) is 17.3. The van der Waals surface area contributed by atoms with E-state index in [2.05, 4.69) is 15.2 Å². The number of pyridine rings is 1. The molecule has 1 atom stereocenters. The summed E-state index contributed by atoms with van der Waals surface area (Å²) in [6.45, 7) is 4.77. The highest BCUT2D eigenvalue weighted by atomic mass is 16.5. The summed E-state index contributed by atoms with van der Waals surface area (Å²) in [6.07, 6.45) is 4.51. The van der Waals surface area contributed by atoms with Crippen molar-refractivity contribution in [3.8, 4) is 0 Å². The number of carbonyl (C=O) groups is 2. The number of morpholine rings is 1. The molecule has 0 bridgehead atoms. The highest BCUT2D eigenvalue weighted by Gasteiger charge is 2.45. The summed E-state index contributed by atoms with van der Waals surface area (Å²) >= 11 is 0. The Balaban J connectivity index is 1.44. The number of hydrogen-bond donors (Lipinski definition) is 1. The first-order valence-corrected chi connectivity index (χ1v) is 9.04. The number of carbonyl (C=O) groups excluding carboxylic acids is 2. The van der Waals surface area contributed by atoms with Gasteiger partial charge in [-0.15, -0.1) is 0 Å². The molecule has 134 valence electrons. The number of piperidine rings is 1. The molecule has 0 saturated carbocycles. The summed E-state index contributed by atoms with van der Waals surface area (Å²) in [4.78, 5) is 33.2. The minimum atomic E-state index is -0.262.